The van der Waals surface area contributed by atoms with Gasteiger partial charge in [-0.25, -0.2) is 9.07 Å². The second kappa shape index (κ2) is 5.97. The molecule has 0 amide bonds. The van der Waals surface area contributed by atoms with Crippen molar-refractivity contribution in [1.82, 2.24) is 9.78 Å². The van der Waals surface area contributed by atoms with Gasteiger partial charge in [-0.05, 0) is 36.4 Å². The molecule has 106 valence electrons. The molecule has 1 aromatic heterocycles. The SMILES string of the molecule is Fc1cc(NCc2ccn(-c3ccccc3)n2)ccc1Cl. The van der Waals surface area contributed by atoms with Crippen LogP contribution in [-0.2, 0) is 6.54 Å². The van der Waals surface area contributed by atoms with Crippen molar-refractivity contribution in [1.29, 1.82) is 0 Å². The molecule has 2 aromatic carbocycles. The van der Waals surface area contributed by atoms with Crippen LogP contribution in [0.2, 0.25) is 5.02 Å². The molecule has 1 heterocycles. The van der Waals surface area contributed by atoms with E-state index in [0.717, 1.165) is 11.4 Å². The van der Waals surface area contributed by atoms with E-state index < -0.39 is 5.82 Å². The maximum absolute atomic E-state index is 13.3. The molecule has 0 aliphatic heterocycles. The number of benzene rings is 2. The Bertz CT molecular complexity index is 740. The highest BCUT2D eigenvalue weighted by Gasteiger charge is 2.03. The monoisotopic (exact) mass is 301 g/mol. The van der Waals surface area contributed by atoms with Crippen LogP contribution in [0.5, 0.6) is 0 Å². The number of para-hydroxylation sites is 1. The second-order valence-electron chi connectivity index (χ2n) is 4.57. The van der Waals surface area contributed by atoms with Crippen molar-refractivity contribution in [3.8, 4) is 5.69 Å². The Morgan fingerprint density at radius 2 is 1.90 bits per heavy atom. The quantitative estimate of drug-likeness (QED) is 0.779. The molecule has 0 saturated carbocycles. The molecule has 0 aliphatic rings. The molecule has 0 radical (unpaired) electrons. The van der Waals surface area contributed by atoms with Crippen LogP contribution < -0.4 is 5.32 Å². The summed E-state index contributed by atoms with van der Waals surface area (Å²) >= 11 is 5.65. The minimum atomic E-state index is -0.434. The van der Waals surface area contributed by atoms with Crippen molar-refractivity contribution in [3.63, 3.8) is 0 Å². The lowest BCUT2D eigenvalue weighted by Gasteiger charge is -2.05. The Hall–Kier alpha value is -2.33. The molecule has 0 fully saturated rings. The van der Waals surface area contributed by atoms with Crippen LogP contribution in [0.3, 0.4) is 0 Å². The Morgan fingerprint density at radius 1 is 1.10 bits per heavy atom. The average molecular weight is 302 g/mol. The molecule has 5 heteroatoms. The van der Waals surface area contributed by atoms with Crippen LogP contribution >= 0.6 is 11.6 Å². The summed E-state index contributed by atoms with van der Waals surface area (Å²) in [6.45, 7) is 0.515. The number of halogens is 2. The van der Waals surface area contributed by atoms with E-state index in [-0.39, 0.29) is 5.02 Å². The summed E-state index contributed by atoms with van der Waals surface area (Å²) in [6, 6.07) is 16.4. The first-order valence-corrected chi connectivity index (χ1v) is 6.89. The van der Waals surface area contributed by atoms with E-state index in [1.165, 1.54) is 12.1 Å². The van der Waals surface area contributed by atoms with Gasteiger partial charge in [0.15, 0.2) is 0 Å². The van der Waals surface area contributed by atoms with E-state index in [1.54, 1.807) is 10.7 Å². The minimum absolute atomic E-state index is 0.119. The van der Waals surface area contributed by atoms with Gasteiger partial charge in [-0.2, -0.15) is 5.10 Å². The third kappa shape index (κ3) is 3.23. The fourth-order valence-electron chi connectivity index (χ4n) is 1.98. The fourth-order valence-corrected chi connectivity index (χ4v) is 2.10. The van der Waals surface area contributed by atoms with E-state index in [4.69, 9.17) is 11.6 Å². The lowest BCUT2D eigenvalue weighted by Crippen LogP contribution is -2.02. The molecule has 0 bridgehead atoms. The van der Waals surface area contributed by atoms with Crippen LogP contribution in [0.25, 0.3) is 5.69 Å². The summed E-state index contributed by atoms with van der Waals surface area (Å²) in [6.07, 6.45) is 1.90. The first-order chi connectivity index (χ1) is 10.2. The summed E-state index contributed by atoms with van der Waals surface area (Å²) in [5.41, 5.74) is 2.54. The molecule has 3 rings (SSSR count). The molecular weight excluding hydrogens is 289 g/mol. The lowest BCUT2D eigenvalue weighted by atomic mass is 10.3. The van der Waals surface area contributed by atoms with Crippen LogP contribution in [0.1, 0.15) is 5.69 Å². The van der Waals surface area contributed by atoms with Gasteiger partial charge < -0.3 is 5.32 Å². The smallest absolute Gasteiger partial charge is 0.143 e. The molecule has 1 N–H and O–H groups in total. The van der Waals surface area contributed by atoms with Gasteiger partial charge in [0.25, 0.3) is 0 Å². The number of hydrogen-bond acceptors (Lipinski definition) is 2. The third-order valence-electron chi connectivity index (χ3n) is 3.06. The number of rotatable bonds is 4. The average Bonchev–Trinajstić information content (AvgIpc) is 2.98. The van der Waals surface area contributed by atoms with Crippen molar-refractivity contribution >= 4 is 17.3 Å². The third-order valence-corrected chi connectivity index (χ3v) is 3.36. The molecule has 0 spiro atoms. The second-order valence-corrected chi connectivity index (χ2v) is 4.98. The van der Waals surface area contributed by atoms with Crippen LogP contribution in [-0.4, -0.2) is 9.78 Å². The van der Waals surface area contributed by atoms with E-state index in [9.17, 15) is 4.39 Å². The molecule has 0 saturated heterocycles. The van der Waals surface area contributed by atoms with Crippen molar-refractivity contribution < 1.29 is 4.39 Å². The lowest BCUT2D eigenvalue weighted by molar-refractivity contribution is 0.628. The Balaban J connectivity index is 1.69. The predicted molar refractivity (Wildman–Crippen MR) is 82.3 cm³/mol. The zero-order chi connectivity index (χ0) is 14.7. The molecular formula is C16H13ClFN3. The molecule has 0 unspecified atom stereocenters. The predicted octanol–water partition coefficient (Wildman–Crippen LogP) is 4.28. The van der Waals surface area contributed by atoms with E-state index in [0.29, 0.717) is 12.2 Å². The van der Waals surface area contributed by atoms with Gasteiger partial charge >= 0.3 is 0 Å². The van der Waals surface area contributed by atoms with Crippen molar-refractivity contribution in [2.75, 3.05) is 5.32 Å². The van der Waals surface area contributed by atoms with E-state index >= 15 is 0 Å². The Morgan fingerprint density at radius 3 is 2.67 bits per heavy atom. The number of anilines is 1. The summed E-state index contributed by atoms with van der Waals surface area (Å²) in [5, 5.41) is 7.71. The molecule has 0 atom stereocenters. The van der Waals surface area contributed by atoms with Gasteiger partial charge in [-0.15, -0.1) is 0 Å². The van der Waals surface area contributed by atoms with Crippen LogP contribution in [0, 0.1) is 5.82 Å². The van der Waals surface area contributed by atoms with E-state index in [1.807, 2.05) is 42.6 Å². The summed E-state index contributed by atoms with van der Waals surface area (Å²) in [4.78, 5) is 0. The number of hydrogen-bond donors (Lipinski definition) is 1. The zero-order valence-corrected chi connectivity index (χ0v) is 11.9. The number of nitrogens with zero attached hydrogens (tertiary/aromatic N) is 2. The summed E-state index contributed by atoms with van der Waals surface area (Å²) < 4.78 is 15.1. The largest absolute Gasteiger partial charge is 0.379 e. The molecule has 21 heavy (non-hydrogen) atoms. The minimum Gasteiger partial charge on any atom is -0.379 e. The van der Waals surface area contributed by atoms with Gasteiger partial charge in [0.2, 0.25) is 0 Å². The highest BCUT2D eigenvalue weighted by Crippen LogP contribution is 2.19. The van der Waals surface area contributed by atoms with Crippen LogP contribution in [0.4, 0.5) is 10.1 Å². The van der Waals surface area contributed by atoms with Crippen molar-refractivity contribution in [2.24, 2.45) is 0 Å². The van der Waals surface area contributed by atoms with E-state index in [2.05, 4.69) is 10.4 Å². The first-order valence-electron chi connectivity index (χ1n) is 6.51. The van der Waals surface area contributed by atoms with Gasteiger partial charge in [0, 0.05) is 11.9 Å². The molecule has 3 aromatic rings. The highest BCUT2D eigenvalue weighted by atomic mass is 35.5. The molecule has 0 aliphatic carbocycles. The van der Waals surface area contributed by atoms with Gasteiger partial charge in [-0.3, -0.25) is 0 Å². The Kier molecular flexibility index (Phi) is 3.88. The Labute approximate surface area is 127 Å². The first kappa shape index (κ1) is 13.6. The number of nitrogens with one attached hydrogen (secondary N) is 1. The van der Waals surface area contributed by atoms with Crippen LogP contribution in [0.15, 0.2) is 60.8 Å². The topological polar surface area (TPSA) is 29.9 Å². The standard InChI is InChI=1S/C16H13ClFN3/c17-15-7-6-12(10-16(15)18)19-11-13-8-9-21(20-13)14-4-2-1-3-5-14/h1-10,19H,11H2. The van der Waals surface area contributed by atoms with Crippen molar-refractivity contribution in [2.45, 2.75) is 6.54 Å². The van der Waals surface area contributed by atoms with Gasteiger partial charge in [-0.1, -0.05) is 29.8 Å². The number of aromatic nitrogens is 2. The highest BCUT2D eigenvalue weighted by molar-refractivity contribution is 6.30. The zero-order valence-electron chi connectivity index (χ0n) is 11.1. The molecule has 3 nitrogen and oxygen atoms in total. The maximum atomic E-state index is 13.3. The fraction of sp³-hybridized carbons (Fsp3) is 0.0625. The summed E-state index contributed by atoms with van der Waals surface area (Å²) in [7, 11) is 0. The van der Waals surface area contributed by atoms with Gasteiger partial charge in [0.1, 0.15) is 5.82 Å². The maximum Gasteiger partial charge on any atom is 0.143 e. The normalized spacial score (nSPS) is 10.6. The van der Waals surface area contributed by atoms with Crippen molar-refractivity contribution in [3.05, 3.63) is 77.3 Å². The van der Waals surface area contributed by atoms with Gasteiger partial charge in [0.05, 0.1) is 22.9 Å². The summed E-state index contributed by atoms with van der Waals surface area (Å²) in [5.74, 6) is -0.434.